The van der Waals surface area contributed by atoms with E-state index in [2.05, 4.69) is 54.0 Å². The Morgan fingerprint density at radius 3 is 2.31 bits per heavy atom. The Morgan fingerprint density at radius 1 is 0.938 bits per heavy atom. The van der Waals surface area contributed by atoms with Crippen LogP contribution in [0.4, 0.5) is 5.69 Å². The van der Waals surface area contributed by atoms with Crippen molar-refractivity contribution in [2.75, 3.05) is 37.3 Å². The first-order chi connectivity index (χ1) is 15.3. The summed E-state index contributed by atoms with van der Waals surface area (Å²) in [4.78, 5) is 5.45. The SMILES string of the molecule is CC(C)C1CCC(CN2CCN(c3cccc(S(C)(=O)=O)c3)C[C@@H]2c2ccccc2)CC1. The van der Waals surface area contributed by atoms with Crippen LogP contribution in [0.15, 0.2) is 59.5 Å². The van der Waals surface area contributed by atoms with E-state index in [0.29, 0.717) is 10.9 Å². The number of piperazine rings is 1. The van der Waals surface area contributed by atoms with E-state index in [1.54, 1.807) is 6.07 Å². The minimum Gasteiger partial charge on any atom is -0.368 e. The number of hydrogen-bond acceptors (Lipinski definition) is 4. The normalized spacial score (nSPS) is 25.2. The van der Waals surface area contributed by atoms with Crippen molar-refractivity contribution in [3.8, 4) is 0 Å². The summed E-state index contributed by atoms with van der Waals surface area (Å²) in [5.74, 6) is 2.49. The smallest absolute Gasteiger partial charge is 0.175 e. The molecule has 2 aromatic rings. The molecule has 0 amide bonds. The third-order valence-electron chi connectivity index (χ3n) is 7.61. The van der Waals surface area contributed by atoms with Crippen molar-refractivity contribution in [2.24, 2.45) is 17.8 Å². The van der Waals surface area contributed by atoms with E-state index in [1.807, 2.05) is 18.2 Å². The van der Waals surface area contributed by atoms with Gasteiger partial charge in [-0.25, -0.2) is 8.42 Å². The van der Waals surface area contributed by atoms with Crippen LogP contribution < -0.4 is 4.90 Å². The Morgan fingerprint density at radius 2 is 1.66 bits per heavy atom. The molecule has 2 aromatic carbocycles. The molecule has 0 N–H and O–H groups in total. The van der Waals surface area contributed by atoms with Gasteiger partial charge in [-0.3, -0.25) is 4.90 Å². The Kier molecular flexibility index (Phi) is 7.26. The maximum absolute atomic E-state index is 12.1. The van der Waals surface area contributed by atoms with Crippen LogP contribution in [0, 0.1) is 17.8 Å². The second kappa shape index (κ2) is 9.96. The molecule has 0 spiro atoms. The predicted molar refractivity (Wildman–Crippen MR) is 133 cm³/mol. The molecule has 0 bridgehead atoms. The average Bonchev–Trinajstić information content (AvgIpc) is 2.80. The Balaban J connectivity index is 1.50. The summed E-state index contributed by atoms with van der Waals surface area (Å²) in [6.45, 7) is 8.73. The Labute approximate surface area is 194 Å². The Hall–Kier alpha value is -1.85. The van der Waals surface area contributed by atoms with Crippen LogP contribution in [0.1, 0.15) is 51.1 Å². The van der Waals surface area contributed by atoms with E-state index < -0.39 is 9.84 Å². The van der Waals surface area contributed by atoms with Gasteiger partial charge in [0.05, 0.1) is 10.9 Å². The molecule has 2 fully saturated rings. The lowest BCUT2D eigenvalue weighted by atomic mass is 9.76. The van der Waals surface area contributed by atoms with Crippen molar-refractivity contribution >= 4 is 15.5 Å². The molecule has 4 rings (SSSR count). The molecule has 0 aromatic heterocycles. The van der Waals surface area contributed by atoms with Gasteiger partial charge in [0.25, 0.3) is 0 Å². The van der Waals surface area contributed by atoms with Gasteiger partial charge in [-0.15, -0.1) is 0 Å². The van der Waals surface area contributed by atoms with Gasteiger partial charge in [0, 0.05) is 38.1 Å². The first kappa shape index (κ1) is 23.3. The molecule has 1 aliphatic heterocycles. The predicted octanol–water partition coefficient (Wildman–Crippen LogP) is 5.42. The van der Waals surface area contributed by atoms with Gasteiger partial charge in [-0.1, -0.05) is 50.2 Å². The lowest BCUT2D eigenvalue weighted by molar-refractivity contribution is 0.118. The van der Waals surface area contributed by atoms with Crippen LogP contribution in [0.5, 0.6) is 0 Å². The van der Waals surface area contributed by atoms with Crippen LogP contribution in [0.2, 0.25) is 0 Å². The summed E-state index contributed by atoms with van der Waals surface area (Å²) in [5, 5.41) is 0. The number of rotatable bonds is 6. The number of benzene rings is 2. The molecular weight excluding hydrogens is 416 g/mol. The lowest BCUT2D eigenvalue weighted by Gasteiger charge is -2.45. The highest BCUT2D eigenvalue weighted by molar-refractivity contribution is 7.90. The second-order valence-corrected chi connectivity index (χ2v) is 12.2. The molecule has 1 atom stereocenters. The molecule has 5 heteroatoms. The topological polar surface area (TPSA) is 40.6 Å². The van der Waals surface area contributed by atoms with Gasteiger partial charge < -0.3 is 4.90 Å². The Bertz CT molecular complexity index is 982. The van der Waals surface area contributed by atoms with Crippen molar-refractivity contribution in [3.63, 3.8) is 0 Å². The highest BCUT2D eigenvalue weighted by atomic mass is 32.2. The van der Waals surface area contributed by atoms with Crippen molar-refractivity contribution in [1.29, 1.82) is 0 Å². The van der Waals surface area contributed by atoms with Crippen LogP contribution in [0.25, 0.3) is 0 Å². The molecule has 2 aliphatic rings. The fraction of sp³-hybridized carbons (Fsp3) is 0.556. The van der Waals surface area contributed by atoms with Gasteiger partial charge in [0.2, 0.25) is 0 Å². The van der Waals surface area contributed by atoms with Crippen LogP contribution >= 0.6 is 0 Å². The van der Waals surface area contributed by atoms with Crippen LogP contribution in [0.3, 0.4) is 0 Å². The average molecular weight is 455 g/mol. The van der Waals surface area contributed by atoms with E-state index in [0.717, 1.165) is 43.1 Å². The van der Waals surface area contributed by atoms with E-state index in [1.165, 1.54) is 44.0 Å². The molecule has 1 saturated heterocycles. The number of sulfone groups is 1. The minimum absolute atomic E-state index is 0.328. The molecule has 1 heterocycles. The molecule has 1 aliphatic carbocycles. The maximum atomic E-state index is 12.1. The standard InChI is InChI=1S/C27H38N2O2S/c1-21(2)23-14-12-22(13-15-23)19-29-17-16-28(20-27(29)24-8-5-4-6-9-24)25-10-7-11-26(18-25)32(3,30)31/h4-11,18,21-23,27H,12-17,19-20H2,1-3H3/t22?,23?,27-/m1/s1. The number of nitrogens with zero attached hydrogens (tertiary/aromatic N) is 2. The summed E-state index contributed by atoms with van der Waals surface area (Å²) in [7, 11) is -3.21. The van der Waals surface area contributed by atoms with Crippen LogP contribution in [-0.2, 0) is 9.84 Å². The maximum Gasteiger partial charge on any atom is 0.175 e. The van der Waals surface area contributed by atoms with E-state index >= 15 is 0 Å². The first-order valence-electron chi connectivity index (χ1n) is 12.2. The summed E-state index contributed by atoms with van der Waals surface area (Å²) in [5.41, 5.74) is 2.36. The van der Waals surface area contributed by atoms with E-state index in [-0.39, 0.29) is 0 Å². The summed E-state index contributed by atoms with van der Waals surface area (Å²) >= 11 is 0. The van der Waals surface area contributed by atoms with Gasteiger partial charge >= 0.3 is 0 Å². The van der Waals surface area contributed by atoms with Gasteiger partial charge in [-0.05, 0) is 67.2 Å². The number of anilines is 1. The third kappa shape index (κ3) is 5.55. The van der Waals surface area contributed by atoms with Crippen molar-refractivity contribution in [2.45, 2.75) is 50.5 Å². The zero-order valence-corrected chi connectivity index (χ0v) is 20.6. The summed E-state index contributed by atoms with van der Waals surface area (Å²) in [6.07, 6.45) is 6.72. The fourth-order valence-electron chi connectivity index (χ4n) is 5.54. The molecule has 0 radical (unpaired) electrons. The quantitative estimate of drug-likeness (QED) is 0.585. The second-order valence-electron chi connectivity index (χ2n) is 10.2. The zero-order chi connectivity index (χ0) is 22.7. The van der Waals surface area contributed by atoms with Crippen molar-refractivity contribution in [1.82, 2.24) is 4.90 Å². The molecule has 1 saturated carbocycles. The van der Waals surface area contributed by atoms with Crippen molar-refractivity contribution in [3.05, 3.63) is 60.2 Å². The van der Waals surface area contributed by atoms with E-state index in [9.17, 15) is 8.42 Å². The first-order valence-corrected chi connectivity index (χ1v) is 14.0. The highest BCUT2D eigenvalue weighted by Gasteiger charge is 2.32. The van der Waals surface area contributed by atoms with Gasteiger partial charge in [0.1, 0.15) is 0 Å². The highest BCUT2D eigenvalue weighted by Crippen LogP contribution is 2.36. The summed E-state index contributed by atoms with van der Waals surface area (Å²) in [6, 6.07) is 18.6. The van der Waals surface area contributed by atoms with Crippen LogP contribution in [-0.4, -0.2) is 45.8 Å². The molecule has 4 nitrogen and oxygen atoms in total. The monoisotopic (exact) mass is 454 g/mol. The molecule has 32 heavy (non-hydrogen) atoms. The van der Waals surface area contributed by atoms with E-state index in [4.69, 9.17) is 0 Å². The summed E-state index contributed by atoms with van der Waals surface area (Å²) < 4.78 is 24.1. The van der Waals surface area contributed by atoms with Gasteiger partial charge in [0.15, 0.2) is 9.84 Å². The molecular formula is C27H38N2O2S. The molecule has 0 unspecified atom stereocenters. The van der Waals surface area contributed by atoms with Gasteiger partial charge in [-0.2, -0.15) is 0 Å². The fourth-order valence-corrected chi connectivity index (χ4v) is 6.21. The minimum atomic E-state index is -3.21. The zero-order valence-electron chi connectivity index (χ0n) is 19.8. The lowest BCUT2D eigenvalue weighted by Crippen LogP contribution is -2.50. The number of hydrogen-bond donors (Lipinski definition) is 0. The van der Waals surface area contributed by atoms with Crippen molar-refractivity contribution < 1.29 is 8.42 Å². The molecule has 174 valence electrons. The third-order valence-corrected chi connectivity index (χ3v) is 8.72. The largest absolute Gasteiger partial charge is 0.368 e.